The minimum atomic E-state index is 0.219. The van der Waals surface area contributed by atoms with E-state index in [0.29, 0.717) is 19.0 Å². The third-order valence-electron chi connectivity index (χ3n) is 3.62. The van der Waals surface area contributed by atoms with Crippen LogP contribution in [0, 0.1) is 0 Å². The number of methoxy groups -OCH3 is 1. The summed E-state index contributed by atoms with van der Waals surface area (Å²) in [7, 11) is 1.66. The first-order valence-electron chi connectivity index (χ1n) is 7.37. The lowest BCUT2D eigenvalue weighted by Crippen LogP contribution is -2.33. The molecule has 4 nitrogen and oxygen atoms in total. The molecule has 1 aliphatic carbocycles. The molecule has 4 heteroatoms. The van der Waals surface area contributed by atoms with Gasteiger partial charge in [-0.15, -0.1) is 0 Å². The maximum Gasteiger partial charge on any atom is 0.224 e. The molecule has 1 amide bonds. The van der Waals surface area contributed by atoms with Gasteiger partial charge in [-0.05, 0) is 37.5 Å². The SMILES string of the molecule is CCN(Cc1ccc(OC)cc1)C(=O)CCNC1CC1. The van der Waals surface area contributed by atoms with Crippen molar-refractivity contribution in [2.75, 3.05) is 20.2 Å². The zero-order valence-electron chi connectivity index (χ0n) is 12.4. The molecule has 1 N–H and O–H groups in total. The van der Waals surface area contributed by atoms with Crippen LogP contribution in [0.1, 0.15) is 31.7 Å². The van der Waals surface area contributed by atoms with Gasteiger partial charge in [-0.3, -0.25) is 4.79 Å². The maximum absolute atomic E-state index is 12.2. The third-order valence-corrected chi connectivity index (χ3v) is 3.62. The number of nitrogens with zero attached hydrogens (tertiary/aromatic N) is 1. The van der Waals surface area contributed by atoms with E-state index in [1.165, 1.54) is 12.8 Å². The van der Waals surface area contributed by atoms with Crippen LogP contribution in [0.25, 0.3) is 0 Å². The minimum absolute atomic E-state index is 0.219. The Hall–Kier alpha value is -1.55. The number of hydrogen-bond donors (Lipinski definition) is 1. The van der Waals surface area contributed by atoms with Gasteiger partial charge in [0.1, 0.15) is 5.75 Å². The second-order valence-corrected chi connectivity index (χ2v) is 5.23. The van der Waals surface area contributed by atoms with Gasteiger partial charge in [0.15, 0.2) is 0 Å². The van der Waals surface area contributed by atoms with E-state index in [1.54, 1.807) is 7.11 Å². The van der Waals surface area contributed by atoms with Gasteiger partial charge in [0.05, 0.1) is 7.11 Å². The number of ether oxygens (including phenoxy) is 1. The molecule has 0 aliphatic heterocycles. The number of carbonyl (C=O) groups excluding carboxylic acids is 1. The van der Waals surface area contributed by atoms with Crippen molar-refractivity contribution in [1.29, 1.82) is 0 Å². The summed E-state index contributed by atoms with van der Waals surface area (Å²) in [5, 5.41) is 3.38. The molecule has 1 aliphatic rings. The fraction of sp³-hybridized carbons (Fsp3) is 0.562. The van der Waals surface area contributed by atoms with Crippen LogP contribution in [-0.4, -0.2) is 37.0 Å². The molecule has 0 aromatic heterocycles. The number of amides is 1. The first-order chi connectivity index (χ1) is 9.72. The van der Waals surface area contributed by atoms with E-state index < -0.39 is 0 Å². The fourth-order valence-electron chi connectivity index (χ4n) is 2.16. The molecule has 0 spiro atoms. The summed E-state index contributed by atoms with van der Waals surface area (Å²) in [6, 6.07) is 8.55. The minimum Gasteiger partial charge on any atom is -0.497 e. The van der Waals surface area contributed by atoms with Crippen molar-refractivity contribution in [3.05, 3.63) is 29.8 Å². The Morgan fingerprint density at radius 1 is 1.35 bits per heavy atom. The molecule has 0 unspecified atom stereocenters. The molecule has 1 fully saturated rings. The lowest BCUT2D eigenvalue weighted by molar-refractivity contribution is -0.131. The van der Waals surface area contributed by atoms with Crippen LogP contribution >= 0.6 is 0 Å². The Labute approximate surface area is 121 Å². The molecule has 0 atom stereocenters. The van der Waals surface area contributed by atoms with E-state index in [0.717, 1.165) is 24.4 Å². The lowest BCUT2D eigenvalue weighted by Gasteiger charge is -2.21. The highest BCUT2D eigenvalue weighted by atomic mass is 16.5. The molecular formula is C16H24N2O2. The zero-order chi connectivity index (χ0) is 14.4. The molecule has 20 heavy (non-hydrogen) atoms. The van der Waals surface area contributed by atoms with Gasteiger partial charge in [-0.1, -0.05) is 12.1 Å². The van der Waals surface area contributed by atoms with Crippen molar-refractivity contribution in [1.82, 2.24) is 10.2 Å². The van der Waals surface area contributed by atoms with Crippen molar-refractivity contribution in [2.45, 2.75) is 38.8 Å². The average Bonchev–Trinajstić information content (AvgIpc) is 3.29. The molecule has 110 valence electrons. The van der Waals surface area contributed by atoms with Crippen LogP contribution in [-0.2, 0) is 11.3 Å². The number of nitrogens with one attached hydrogen (secondary N) is 1. The van der Waals surface area contributed by atoms with E-state index in [-0.39, 0.29) is 5.91 Å². The normalized spacial score (nSPS) is 14.1. The van der Waals surface area contributed by atoms with Crippen molar-refractivity contribution >= 4 is 5.91 Å². The van der Waals surface area contributed by atoms with Crippen LogP contribution in [0.2, 0.25) is 0 Å². The van der Waals surface area contributed by atoms with Crippen molar-refractivity contribution in [3.8, 4) is 5.75 Å². The Morgan fingerprint density at radius 3 is 2.60 bits per heavy atom. The van der Waals surface area contributed by atoms with E-state index in [1.807, 2.05) is 36.1 Å². The third kappa shape index (κ3) is 4.53. The predicted octanol–water partition coefficient (Wildman–Crippen LogP) is 2.19. The molecule has 0 radical (unpaired) electrons. The molecule has 1 aromatic rings. The highest BCUT2D eigenvalue weighted by molar-refractivity contribution is 5.76. The van der Waals surface area contributed by atoms with Crippen LogP contribution in [0.15, 0.2) is 24.3 Å². The van der Waals surface area contributed by atoms with Gasteiger partial charge >= 0.3 is 0 Å². The first kappa shape index (κ1) is 14.9. The smallest absolute Gasteiger partial charge is 0.224 e. The summed E-state index contributed by atoms with van der Waals surface area (Å²) < 4.78 is 5.14. The van der Waals surface area contributed by atoms with E-state index >= 15 is 0 Å². The van der Waals surface area contributed by atoms with Crippen LogP contribution < -0.4 is 10.1 Å². The second kappa shape index (κ2) is 7.29. The van der Waals surface area contributed by atoms with Crippen molar-refractivity contribution < 1.29 is 9.53 Å². The molecular weight excluding hydrogens is 252 g/mol. The van der Waals surface area contributed by atoms with Crippen molar-refractivity contribution in [3.63, 3.8) is 0 Å². The Balaban J connectivity index is 1.80. The zero-order valence-corrected chi connectivity index (χ0v) is 12.4. The molecule has 1 saturated carbocycles. The Morgan fingerprint density at radius 2 is 2.05 bits per heavy atom. The van der Waals surface area contributed by atoms with Gasteiger partial charge in [0.25, 0.3) is 0 Å². The maximum atomic E-state index is 12.2. The fourth-order valence-corrected chi connectivity index (χ4v) is 2.16. The van der Waals surface area contributed by atoms with E-state index in [4.69, 9.17) is 4.74 Å². The highest BCUT2D eigenvalue weighted by Crippen LogP contribution is 2.18. The van der Waals surface area contributed by atoms with Gasteiger partial charge < -0.3 is 15.0 Å². The number of hydrogen-bond acceptors (Lipinski definition) is 3. The number of rotatable bonds is 8. The summed E-state index contributed by atoms with van der Waals surface area (Å²) in [5.41, 5.74) is 1.14. The largest absolute Gasteiger partial charge is 0.497 e. The summed E-state index contributed by atoms with van der Waals surface area (Å²) in [6.07, 6.45) is 3.11. The second-order valence-electron chi connectivity index (χ2n) is 5.23. The van der Waals surface area contributed by atoms with Crippen molar-refractivity contribution in [2.24, 2.45) is 0 Å². The predicted molar refractivity (Wildman–Crippen MR) is 79.7 cm³/mol. The molecule has 0 heterocycles. The summed E-state index contributed by atoms with van der Waals surface area (Å²) in [5.74, 6) is 1.06. The van der Waals surface area contributed by atoms with Gasteiger partial charge in [-0.2, -0.15) is 0 Å². The van der Waals surface area contributed by atoms with E-state index in [9.17, 15) is 4.79 Å². The molecule has 0 saturated heterocycles. The lowest BCUT2D eigenvalue weighted by atomic mass is 10.2. The molecule has 0 bridgehead atoms. The molecule has 1 aromatic carbocycles. The summed E-state index contributed by atoms with van der Waals surface area (Å²) >= 11 is 0. The highest BCUT2D eigenvalue weighted by Gasteiger charge is 2.20. The van der Waals surface area contributed by atoms with Gasteiger partial charge in [0.2, 0.25) is 5.91 Å². The van der Waals surface area contributed by atoms with Crippen LogP contribution in [0.4, 0.5) is 0 Å². The summed E-state index contributed by atoms with van der Waals surface area (Å²) in [6.45, 7) is 4.23. The topological polar surface area (TPSA) is 41.6 Å². The number of carbonyl (C=O) groups is 1. The van der Waals surface area contributed by atoms with E-state index in [2.05, 4.69) is 5.32 Å². The van der Waals surface area contributed by atoms with Gasteiger partial charge in [0, 0.05) is 32.1 Å². The quantitative estimate of drug-likeness (QED) is 0.791. The Bertz CT molecular complexity index is 427. The first-order valence-corrected chi connectivity index (χ1v) is 7.37. The monoisotopic (exact) mass is 276 g/mol. The average molecular weight is 276 g/mol. The van der Waals surface area contributed by atoms with Gasteiger partial charge in [-0.25, -0.2) is 0 Å². The molecule has 2 rings (SSSR count). The van der Waals surface area contributed by atoms with Crippen LogP contribution in [0.3, 0.4) is 0 Å². The van der Waals surface area contributed by atoms with Crippen LogP contribution in [0.5, 0.6) is 5.75 Å². The number of benzene rings is 1. The Kier molecular flexibility index (Phi) is 5.41. The standard InChI is InChI=1S/C16H24N2O2/c1-3-18(16(19)10-11-17-14-6-7-14)12-13-4-8-15(20-2)9-5-13/h4-5,8-9,14,17H,3,6-7,10-12H2,1-2H3. The summed E-state index contributed by atoms with van der Waals surface area (Å²) in [4.78, 5) is 14.1.